The van der Waals surface area contributed by atoms with Gasteiger partial charge in [-0.05, 0) is 26.1 Å². The summed E-state index contributed by atoms with van der Waals surface area (Å²) in [5.74, 6) is 0. The predicted octanol–water partition coefficient (Wildman–Crippen LogP) is 0.724. The molecular weight excluding hydrogens is 100 g/mol. The number of allylic oxidation sites excluding steroid dienone is 1. The number of hydrogen-bond acceptors (Lipinski definition) is 2. The van der Waals surface area contributed by atoms with Crippen LogP contribution >= 0.6 is 0 Å². The standard InChI is InChI=1S/C6H9N2/c1-6(2)7-4-3-5-8-6/h3-5,7H,1H2,2H3. The van der Waals surface area contributed by atoms with E-state index in [1.54, 1.807) is 6.21 Å². The molecule has 0 spiro atoms. The molecule has 0 aromatic carbocycles. The second kappa shape index (κ2) is 1.62. The highest BCUT2D eigenvalue weighted by molar-refractivity contribution is 5.72. The zero-order valence-electron chi connectivity index (χ0n) is 4.89. The van der Waals surface area contributed by atoms with Crippen molar-refractivity contribution < 1.29 is 0 Å². The molecule has 1 heterocycles. The number of rotatable bonds is 0. The van der Waals surface area contributed by atoms with Crippen LogP contribution in [0, 0.1) is 6.92 Å². The molecule has 1 aliphatic heterocycles. The average Bonchev–Trinajstić information content (AvgIpc) is 1.65. The van der Waals surface area contributed by atoms with E-state index in [9.17, 15) is 0 Å². The number of nitrogens with one attached hydrogen (secondary N) is 1. The van der Waals surface area contributed by atoms with Gasteiger partial charge in [0.2, 0.25) is 0 Å². The van der Waals surface area contributed by atoms with Crippen molar-refractivity contribution in [2.45, 2.75) is 12.6 Å². The van der Waals surface area contributed by atoms with Crippen LogP contribution < -0.4 is 5.32 Å². The molecule has 0 aromatic heterocycles. The SMILES string of the molecule is [CH2]C1(C)N=CC=CN1. The summed E-state index contributed by atoms with van der Waals surface area (Å²) in [7, 11) is 0. The molecule has 0 saturated heterocycles. The quantitative estimate of drug-likeness (QED) is 0.487. The minimum Gasteiger partial charge on any atom is -0.368 e. The van der Waals surface area contributed by atoms with Crippen LogP contribution in [0.4, 0.5) is 0 Å². The molecule has 0 bridgehead atoms. The molecule has 43 valence electrons. The van der Waals surface area contributed by atoms with Gasteiger partial charge in [0, 0.05) is 6.21 Å². The molecule has 0 amide bonds. The average molecular weight is 109 g/mol. The van der Waals surface area contributed by atoms with Crippen molar-refractivity contribution in [1.29, 1.82) is 0 Å². The fourth-order valence-electron chi connectivity index (χ4n) is 0.515. The van der Waals surface area contributed by atoms with Gasteiger partial charge in [0.15, 0.2) is 0 Å². The van der Waals surface area contributed by atoms with E-state index in [4.69, 9.17) is 0 Å². The van der Waals surface area contributed by atoms with Crippen LogP contribution in [0.2, 0.25) is 0 Å². The van der Waals surface area contributed by atoms with Crippen molar-refractivity contribution in [3.05, 3.63) is 19.2 Å². The fourth-order valence-corrected chi connectivity index (χ4v) is 0.515. The first-order valence-corrected chi connectivity index (χ1v) is 2.54. The molecule has 0 fully saturated rings. The summed E-state index contributed by atoms with van der Waals surface area (Å²) >= 11 is 0. The maximum atomic E-state index is 4.03. The molecule has 0 saturated carbocycles. The van der Waals surface area contributed by atoms with Gasteiger partial charge in [0.1, 0.15) is 5.66 Å². The van der Waals surface area contributed by atoms with E-state index in [0.717, 1.165) is 0 Å². The summed E-state index contributed by atoms with van der Waals surface area (Å²) in [6, 6.07) is 0. The highest BCUT2D eigenvalue weighted by atomic mass is 15.1. The lowest BCUT2D eigenvalue weighted by atomic mass is 10.2. The van der Waals surface area contributed by atoms with Crippen LogP contribution in [0.5, 0.6) is 0 Å². The third-order valence-electron chi connectivity index (χ3n) is 0.936. The smallest absolute Gasteiger partial charge is 0.126 e. The summed E-state index contributed by atoms with van der Waals surface area (Å²) in [6.45, 7) is 5.68. The first kappa shape index (κ1) is 5.35. The minimum atomic E-state index is -0.339. The maximum Gasteiger partial charge on any atom is 0.126 e. The van der Waals surface area contributed by atoms with E-state index < -0.39 is 0 Å². The third kappa shape index (κ3) is 1.09. The molecule has 0 aliphatic carbocycles. The molecule has 1 radical (unpaired) electrons. The Morgan fingerprint density at radius 3 is 2.75 bits per heavy atom. The van der Waals surface area contributed by atoms with Gasteiger partial charge in [0.05, 0.1) is 0 Å². The first-order valence-electron chi connectivity index (χ1n) is 2.54. The summed E-state index contributed by atoms with van der Waals surface area (Å²) in [5.41, 5.74) is -0.339. The highest BCUT2D eigenvalue weighted by Gasteiger charge is 2.12. The molecule has 0 aromatic rings. The molecule has 8 heavy (non-hydrogen) atoms. The van der Waals surface area contributed by atoms with Crippen LogP contribution in [0.3, 0.4) is 0 Å². The minimum absolute atomic E-state index is 0.339. The van der Waals surface area contributed by atoms with Gasteiger partial charge < -0.3 is 5.32 Å². The Labute approximate surface area is 49.3 Å². The molecule has 1 rings (SSSR count). The van der Waals surface area contributed by atoms with E-state index in [0.29, 0.717) is 0 Å². The van der Waals surface area contributed by atoms with Crippen molar-refractivity contribution in [3.63, 3.8) is 0 Å². The van der Waals surface area contributed by atoms with Crippen molar-refractivity contribution in [2.75, 3.05) is 0 Å². The lowest BCUT2D eigenvalue weighted by Gasteiger charge is -2.21. The van der Waals surface area contributed by atoms with Crippen molar-refractivity contribution in [2.24, 2.45) is 4.99 Å². The monoisotopic (exact) mass is 109 g/mol. The topological polar surface area (TPSA) is 24.4 Å². The van der Waals surface area contributed by atoms with Crippen molar-refractivity contribution >= 4 is 6.21 Å². The molecule has 2 heteroatoms. The van der Waals surface area contributed by atoms with Crippen LogP contribution in [-0.2, 0) is 0 Å². The zero-order chi connectivity index (χ0) is 6.04. The Hall–Kier alpha value is -0.790. The molecule has 1 atom stereocenters. The third-order valence-corrected chi connectivity index (χ3v) is 0.936. The van der Waals surface area contributed by atoms with Crippen LogP contribution in [-0.4, -0.2) is 11.9 Å². The Balaban J connectivity index is 2.65. The largest absolute Gasteiger partial charge is 0.368 e. The van der Waals surface area contributed by atoms with E-state index in [2.05, 4.69) is 17.2 Å². The van der Waals surface area contributed by atoms with E-state index in [1.165, 1.54) is 0 Å². The zero-order valence-corrected chi connectivity index (χ0v) is 4.89. The van der Waals surface area contributed by atoms with Gasteiger partial charge in [0.25, 0.3) is 0 Å². The molecule has 1 unspecified atom stereocenters. The first-order chi connectivity index (χ1) is 3.71. The van der Waals surface area contributed by atoms with Crippen LogP contribution in [0.1, 0.15) is 6.92 Å². The van der Waals surface area contributed by atoms with Gasteiger partial charge >= 0.3 is 0 Å². The molecule has 1 N–H and O–H groups in total. The number of aliphatic imine (C=N–C) groups is 1. The highest BCUT2D eigenvalue weighted by Crippen LogP contribution is 2.03. The Morgan fingerprint density at radius 2 is 2.50 bits per heavy atom. The van der Waals surface area contributed by atoms with Crippen LogP contribution in [0.25, 0.3) is 0 Å². The Bertz CT molecular complexity index is 133. The summed E-state index contributed by atoms with van der Waals surface area (Å²) in [5, 5.41) is 2.97. The van der Waals surface area contributed by atoms with Crippen LogP contribution in [0.15, 0.2) is 17.3 Å². The van der Waals surface area contributed by atoms with Gasteiger partial charge in [-0.3, -0.25) is 4.99 Å². The normalized spacial score (nSPS) is 22.8. The maximum absolute atomic E-state index is 4.03. The Morgan fingerprint density at radius 1 is 1.75 bits per heavy atom. The summed E-state index contributed by atoms with van der Waals surface area (Å²) < 4.78 is 0. The Kier molecular flexibility index (Phi) is 1.08. The van der Waals surface area contributed by atoms with E-state index in [-0.39, 0.29) is 5.66 Å². The van der Waals surface area contributed by atoms with Gasteiger partial charge in [-0.15, -0.1) is 0 Å². The lowest BCUT2D eigenvalue weighted by molar-refractivity contribution is 0.520. The van der Waals surface area contributed by atoms with Gasteiger partial charge in [-0.2, -0.15) is 0 Å². The van der Waals surface area contributed by atoms with Gasteiger partial charge in [-0.1, -0.05) is 0 Å². The van der Waals surface area contributed by atoms with Gasteiger partial charge in [-0.25, -0.2) is 0 Å². The molecule has 2 nitrogen and oxygen atoms in total. The second-order valence-electron chi connectivity index (χ2n) is 2.06. The molecular formula is C6H9N2. The second-order valence-corrected chi connectivity index (χ2v) is 2.06. The summed E-state index contributed by atoms with van der Waals surface area (Å²) in [4.78, 5) is 4.03. The summed E-state index contributed by atoms with van der Waals surface area (Å²) in [6.07, 6.45) is 5.41. The van der Waals surface area contributed by atoms with Crippen molar-refractivity contribution in [3.8, 4) is 0 Å². The van der Waals surface area contributed by atoms with Crippen molar-refractivity contribution in [1.82, 2.24) is 5.32 Å². The van der Waals surface area contributed by atoms with E-state index >= 15 is 0 Å². The van der Waals surface area contributed by atoms with E-state index in [1.807, 2.05) is 19.2 Å². The lowest BCUT2D eigenvalue weighted by Crippen LogP contribution is -2.35. The predicted molar refractivity (Wildman–Crippen MR) is 34.5 cm³/mol. The number of hydrogen-bond donors (Lipinski definition) is 1. The number of nitrogens with zero attached hydrogens (tertiary/aromatic N) is 1. The fraction of sp³-hybridized carbons (Fsp3) is 0.333. The molecule has 1 aliphatic rings.